The molecule has 0 aliphatic carbocycles. The second-order valence-electron chi connectivity index (χ2n) is 7.28. The predicted molar refractivity (Wildman–Crippen MR) is 128 cm³/mol. The fraction of sp³-hybridized carbons (Fsp3) is 0.381. The van der Waals surface area contributed by atoms with Crippen molar-refractivity contribution in [1.82, 2.24) is 20.5 Å². The number of aromatic nitrogens is 1. The number of carbonyl (C=O) groups is 1. The molecule has 0 bridgehead atoms. The first kappa shape index (κ1) is 25.8. The standard InChI is InChI=1S/C21H25F3N6O.HI/c1-25-20(27-12-19(31)28-17-3-2-9-26-11-17)29-18-8-10-30(14-18)13-15-4-6-16(7-5-15)21(22,23)24;/h2-7,9,11,18H,8,10,12-14H2,1H3,(H,28,31)(H2,25,27,29);1H. The zero-order valence-electron chi connectivity index (χ0n) is 17.5. The van der Waals surface area contributed by atoms with Crippen LogP contribution in [0.4, 0.5) is 18.9 Å². The maximum Gasteiger partial charge on any atom is 0.416 e. The van der Waals surface area contributed by atoms with Crippen LogP contribution in [0.3, 0.4) is 0 Å². The molecule has 1 saturated heterocycles. The number of guanidine groups is 1. The molecule has 3 rings (SSSR count). The number of alkyl halides is 3. The van der Waals surface area contributed by atoms with Crippen molar-refractivity contribution in [2.24, 2.45) is 4.99 Å². The molecule has 2 heterocycles. The monoisotopic (exact) mass is 562 g/mol. The molecule has 1 atom stereocenters. The average Bonchev–Trinajstić information content (AvgIpc) is 3.18. The molecule has 1 aliphatic heterocycles. The highest BCUT2D eigenvalue weighted by Gasteiger charge is 2.30. The average molecular weight is 562 g/mol. The van der Waals surface area contributed by atoms with E-state index < -0.39 is 11.7 Å². The number of aliphatic imine (C=N–C) groups is 1. The Morgan fingerprint density at radius 1 is 1.25 bits per heavy atom. The van der Waals surface area contributed by atoms with Crippen molar-refractivity contribution in [3.8, 4) is 0 Å². The highest BCUT2D eigenvalue weighted by molar-refractivity contribution is 14.0. The highest BCUT2D eigenvalue weighted by atomic mass is 127. The minimum Gasteiger partial charge on any atom is -0.352 e. The molecule has 1 amide bonds. The first-order valence-corrected chi connectivity index (χ1v) is 9.89. The van der Waals surface area contributed by atoms with Crippen molar-refractivity contribution in [2.75, 3.05) is 32.0 Å². The molecule has 3 N–H and O–H groups in total. The van der Waals surface area contributed by atoms with E-state index in [2.05, 4.69) is 30.8 Å². The van der Waals surface area contributed by atoms with Gasteiger partial charge in [0.2, 0.25) is 5.91 Å². The fourth-order valence-corrected chi connectivity index (χ4v) is 3.35. The van der Waals surface area contributed by atoms with Crippen LogP contribution in [0, 0.1) is 0 Å². The first-order valence-electron chi connectivity index (χ1n) is 9.89. The number of hydrogen-bond acceptors (Lipinski definition) is 4. The SMILES string of the molecule is CN=C(NCC(=O)Nc1cccnc1)NC1CCN(Cc2ccc(C(F)(F)F)cc2)C1.I. The quantitative estimate of drug-likeness (QED) is 0.287. The van der Waals surface area contributed by atoms with Crippen LogP contribution < -0.4 is 16.0 Å². The summed E-state index contributed by atoms with van der Waals surface area (Å²) < 4.78 is 38.1. The Hall–Kier alpha value is -2.41. The lowest BCUT2D eigenvalue weighted by molar-refractivity contribution is -0.137. The van der Waals surface area contributed by atoms with Crippen LogP contribution in [0.25, 0.3) is 0 Å². The van der Waals surface area contributed by atoms with Crippen molar-refractivity contribution < 1.29 is 18.0 Å². The van der Waals surface area contributed by atoms with Gasteiger partial charge >= 0.3 is 6.18 Å². The van der Waals surface area contributed by atoms with Gasteiger partial charge in [0.25, 0.3) is 0 Å². The van der Waals surface area contributed by atoms with Crippen molar-refractivity contribution in [3.63, 3.8) is 0 Å². The Labute approximate surface area is 201 Å². The molecule has 0 saturated carbocycles. The summed E-state index contributed by atoms with van der Waals surface area (Å²) in [5.74, 6) is 0.300. The summed E-state index contributed by atoms with van der Waals surface area (Å²) in [6, 6.07) is 8.88. The maximum atomic E-state index is 12.7. The summed E-state index contributed by atoms with van der Waals surface area (Å²) in [5, 5.41) is 9.01. The van der Waals surface area contributed by atoms with Gasteiger partial charge in [-0.3, -0.25) is 19.7 Å². The van der Waals surface area contributed by atoms with Crippen molar-refractivity contribution in [3.05, 3.63) is 59.9 Å². The number of nitrogens with one attached hydrogen (secondary N) is 3. The topological polar surface area (TPSA) is 81.6 Å². The predicted octanol–water partition coefficient (Wildman–Crippen LogP) is 3.10. The third kappa shape index (κ3) is 7.93. The zero-order valence-corrected chi connectivity index (χ0v) is 19.9. The van der Waals surface area contributed by atoms with Gasteiger partial charge in [-0.15, -0.1) is 24.0 Å². The van der Waals surface area contributed by atoms with Crippen LogP contribution in [-0.2, 0) is 17.5 Å². The summed E-state index contributed by atoms with van der Waals surface area (Å²) in [4.78, 5) is 22.3. The van der Waals surface area contributed by atoms with Crippen LogP contribution in [0.1, 0.15) is 17.5 Å². The third-order valence-corrected chi connectivity index (χ3v) is 4.89. The first-order chi connectivity index (χ1) is 14.8. The molecule has 1 unspecified atom stereocenters. The molecule has 32 heavy (non-hydrogen) atoms. The van der Waals surface area contributed by atoms with Crippen molar-refractivity contribution in [2.45, 2.75) is 25.2 Å². The molecule has 1 aliphatic rings. The highest BCUT2D eigenvalue weighted by Crippen LogP contribution is 2.29. The lowest BCUT2D eigenvalue weighted by atomic mass is 10.1. The number of benzene rings is 1. The fourth-order valence-electron chi connectivity index (χ4n) is 3.35. The molecule has 0 spiro atoms. The number of pyridine rings is 1. The van der Waals surface area contributed by atoms with Gasteiger partial charge in [0, 0.05) is 38.9 Å². The largest absolute Gasteiger partial charge is 0.416 e. The van der Waals surface area contributed by atoms with E-state index in [0.717, 1.165) is 37.2 Å². The molecule has 7 nitrogen and oxygen atoms in total. The van der Waals surface area contributed by atoms with Crippen molar-refractivity contribution >= 4 is 41.5 Å². The van der Waals surface area contributed by atoms with Gasteiger partial charge in [-0.1, -0.05) is 12.1 Å². The number of rotatable bonds is 6. The molecule has 0 radical (unpaired) electrons. The van der Waals surface area contributed by atoms with Crippen LogP contribution in [0.15, 0.2) is 53.8 Å². The van der Waals surface area contributed by atoms with E-state index in [1.165, 1.54) is 12.1 Å². The van der Waals surface area contributed by atoms with Crippen LogP contribution >= 0.6 is 24.0 Å². The third-order valence-electron chi connectivity index (χ3n) is 4.89. The van der Waals surface area contributed by atoms with Crippen LogP contribution in [-0.4, -0.2) is 54.5 Å². The summed E-state index contributed by atoms with van der Waals surface area (Å²) in [7, 11) is 1.63. The van der Waals surface area contributed by atoms with Crippen LogP contribution in [0.5, 0.6) is 0 Å². The van der Waals surface area contributed by atoms with E-state index in [1.807, 2.05) is 0 Å². The molecule has 1 aromatic heterocycles. The molecule has 1 fully saturated rings. The number of likely N-dealkylation sites (tertiary alicyclic amines) is 1. The van der Waals surface area contributed by atoms with E-state index >= 15 is 0 Å². The molecular weight excluding hydrogens is 536 g/mol. The van der Waals surface area contributed by atoms with Gasteiger partial charge in [-0.05, 0) is 36.2 Å². The summed E-state index contributed by atoms with van der Waals surface area (Å²) in [6.07, 6.45) is -0.265. The van der Waals surface area contributed by atoms with Crippen molar-refractivity contribution in [1.29, 1.82) is 0 Å². The minimum absolute atomic E-state index is 0. The smallest absolute Gasteiger partial charge is 0.352 e. The lowest BCUT2D eigenvalue weighted by Crippen LogP contribution is -2.46. The number of nitrogens with zero attached hydrogens (tertiary/aromatic N) is 3. The number of halogens is 4. The Bertz CT molecular complexity index is 893. The van der Waals surface area contributed by atoms with Gasteiger partial charge in [0.05, 0.1) is 24.0 Å². The molecule has 1 aromatic carbocycles. The van der Waals surface area contributed by atoms with E-state index in [0.29, 0.717) is 18.2 Å². The van der Waals surface area contributed by atoms with Gasteiger partial charge in [-0.25, -0.2) is 0 Å². The molecule has 11 heteroatoms. The number of carbonyl (C=O) groups excluding carboxylic acids is 1. The Morgan fingerprint density at radius 2 is 2.00 bits per heavy atom. The second-order valence-corrected chi connectivity index (χ2v) is 7.28. The second kappa shape index (κ2) is 12.0. The van der Waals surface area contributed by atoms with Gasteiger partial charge in [0.1, 0.15) is 0 Å². The van der Waals surface area contributed by atoms with E-state index in [9.17, 15) is 18.0 Å². The van der Waals surface area contributed by atoms with Crippen LogP contribution in [0.2, 0.25) is 0 Å². The zero-order chi connectivity index (χ0) is 22.3. The molecule has 174 valence electrons. The van der Waals surface area contributed by atoms with E-state index in [4.69, 9.17) is 0 Å². The van der Waals surface area contributed by atoms with Gasteiger partial charge in [0.15, 0.2) is 5.96 Å². The maximum absolute atomic E-state index is 12.7. The normalized spacial score (nSPS) is 16.9. The number of hydrogen-bond donors (Lipinski definition) is 3. The summed E-state index contributed by atoms with van der Waals surface area (Å²) in [6.45, 7) is 2.17. The van der Waals surface area contributed by atoms with E-state index in [-0.39, 0.29) is 42.5 Å². The summed E-state index contributed by atoms with van der Waals surface area (Å²) >= 11 is 0. The lowest BCUT2D eigenvalue weighted by Gasteiger charge is -2.19. The minimum atomic E-state index is -4.32. The Balaban J connectivity index is 0.00000363. The number of amides is 1. The van der Waals surface area contributed by atoms with Gasteiger partial charge in [-0.2, -0.15) is 13.2 Å². The Kier molecular flexibility index (Phi) is 9.69. The summed E-state index contributed by atoms with van der Waals surface area (Å²) in [5.41, 5.74) is 0.815. The molecular formula is C21H26F3IN6O. The molecule has 2 aromatic rings. The van der Waals surface area contributed by atoms with Gasteiger partial charge < -0.3 is 16.0 Å². The number of anilines is 1. The Morgan fingerprint density at radius 3 is 2.62 bits per heavy atom. The van der Waals surface area contributed by atoms with E-state index in [1.54, 1.807) is 31.6 Å².